The summed E-state index contributed by atoms with van der Waals surface area (Å²) in [5.41, 5.74) is 6.18. The molecule has 0 saturated carbocycles. The van der Waals surface area contributed by atoms with E-state index in [9.17, 15) is 14.9 Å². The van der Waals surface area contributed by atoms with Crippen molar-refractivity contribution in [2.24, 2.45) is 5.73 Å². The molecular formula is C10H10Cl2N2O3. The van der Waals surface area contributed by atoms with Gasteiger partial charge in [-0.3, -0.25) is 14.9 Å². The number of hydrogen-bond acceptors (Lipinski definition) is 3. The number of benzene rings is 1. The zero-order chi connectivity index (χ0) is 13.2. The highest BCUT2D eigenvalue weighted by Gasteiger charge is 2.18. The number of amides is 1. The summed E-state index contributed by atoms with van der Waals surface area (Å²) in [6, 6.07) is 2.79. The van der Waals surface area contributed by atoms with Gasteiger partial charge in [-0.1, -0.05) is 11.6 Å². The Morgan fingerprint density at radius 3 is 2.65 bits per heavy atom. The van der Waals surface area contributed by atoms with E-state index in [1.165, 1.54) is 12.1 Å². The molecule has 1 aromatic carbocycles. The highest BCUT2D eigenvalue weighted by Crippen LogP contribution is 2.28. The van der Waals surface area contributed by atoms with Gasteiger partial charge < -0.3 is 5.73 Å². The van der Waals surface area contributed by atoms with Crippen molar-refractivity contribution >= 4 is 34.8 Å². The summed E-state index contributed by atoms with van der Waals surface area (Å²) >= 11 is 11.5. The number of aryl methyl sites for hydroxylation is 1. The molecule has 0 fully saturated rings. The van der Waals surface area contributed by atoms with Crippen molar-refractivity contribution in [3.63, 3.8) is 0 Å². The number of carbonyl (C=O) groups is 1. The molecule has 0 aromatic heterocycles. The quantitative estimate of drug-likeness (QED) is 0.520. The van der Waals surface area contributed by atoms with Crippen molar-refractivity contribution in [3.05, 3.63) is 38.4 Å². The molecule has 0 aliphatic rings. The fourth-order valence-corrected chi connectivity index (χ4v) is 1.78. The Balaban J connectivity index is 3.08. The average molecular weight is 277 g/mol. The minimum atomic E-state index is -0.855. The first-order valence-corrected chi connectivity index (χ1v) is 5.51. The number of nitrogens with two attached hydrogens (primary N) is 1. The topological polar surface area (TPSA) is 86.2 Å². The largest absolute Gasteiger partial charge is 0.368 e. The molecule has 0 aliphatic carbocycles. The van der Waals surface area contributed by atoms with E-state index >= 15 is 0 Å². The molecule has 1 rings (SSSR count). The molecule has 1 aromatic rings. The lowest BCUT2D eigenvalue weighted by molar-refractivity contribution is -0.384. The van der Waals surface area contributed by atoms with E-state index in [0.717, 1.165) is 0 Å². The van der Waals surface area contributed by atoms with Crippen molar-refractivity contribution < 1.29 is 9.72 Å². The number of nitro groups is 1. The minimum Gasteiger partial charge on any atom is -0.368 e. The van der Waals surface area contributed by atoms with E-state index in [4.69, 9.17) is 28.9 Å². The molecule has 0 heterocycles. The third-order valence-corrected chi connectivity index (χ3v) is 2.98. The molecule has 2 N–H and O–H groups in total. The summed E-state index contributed by atoms with van der Waals surface area (Å²) < 4.78 is 0. The van der Waals surface area contributed by atoms with E-state index < -0.39 is 16.2 Å². The molecule has 0 bridgehead atoms. The van der Waals surface area contributed by atoms with Gasteiger partial charge in [0.25, 0.3) is 5.69 Å². The summed E-state index contributed by atoms with van der Waals surface area (Å²) in [5, 5.41) is 9.80. The molecule has 0 radical (unpaired) electrons. The Kier molecular flexibility index (Phi) is 4.31. The first-order valence-electron chi connectivity index (χ1n) is 4.69. The molecule has 0 spiro atoms. The second-order valence-corrected chi connectivity index (χ2v) is 4.50. The van der Waals surface area contributed by atoms with Crippen molar-refractivity contribution in [2.45, 2.75) is 18.7 Å². The fraction of sp³-hybridized carbons (Fsp3) is 0.300. The van der Waals surface area contributed by atoms with Gasteiger partial charge in [-0.25, -0.2) is 0 Å². The van der Waals surface area contributed by atoms with Gasteiger partial charge in [0.2, 0.25) is 5.91 Å². The van der Waals surface area contributed by atoms with Gasteiger partial charge in [-0.2, -0.15) is 0 Å². The predicted molar refractivity (Wildman–Crippen MR) is 65.4 cm³/mol. The molecule has 1 amide bonds. The number of primary amides is 1. The Morgan fingerprint density at radius 1 is 1.59 bits per heavy atom. The molecule has 0 saturated heterocycles. The summed E-state index contributed by atoms with van der Waals surface area (Å²) in [6.07, 6.45) is 0.195. The number of nitro benzene ring substituents is 1. The summed E-state index contributed by atoms with van der Waals surface area (Å²) in [4.78, 5) is 20.9. The summed E-state index contributed by atoms with van der Waals surface area (Å²) in [7, 11) is 0. The van der Waals surface area contributed by atoms with Crippen molar-refractivity contribution in [3.8, 4) is 0 Å². The van der Waals surface area contributed by atoms with Crippen LogP contribution in [0.4, 0.5) is 5.69 Å². The third kappa shape index (κ3) is 3.31. The number of nitrogens with zero attached hydrogens (tertiary/aromatic N) is 1. The van der Waals surface area contributed by atoms with E-state index in [-0.39, 0.29) is 17.1 Å². The van der Waals surface area contributed by atoms with Crippen LogP contribution < -0.4 is 5.73 Å². The highest BCUT2D eigenvalue weighted by molar-refractivity contribution is 6.33. The Bertz CT molecular complexity index is 477. The molecule has 7 heteroatoms. The number of hydrogen-bond donors (Lipinski definition) is 1. The van der Waals surface area contributed by atoms with Crippen LogP contribution in [0, 0.1) is 17.0 Å². The van der Waals surface area contributed by atoms with Crippen LogP contribution in [0.25, 0.3) is 0 Å². The maximum absolute atomic E-state index is 10.8. The lowest BCUT2D eigenvalue weighted by atomic mass is 10.0. The molecule has 1 atom stereocenters. The molecular weight excluding hydrogens is 267 g/mol. The van der Waals surface area contributed by atoms with E-state index in [2.05, 4.69) is 0 Å². The number of halogens is 2. The van der Waals surface area contributed by atoms with Gasteiger partial charge in [0, 0.05) is 6.07 Å². The van der Waals surface area contributed by atoms with Gasteiger partial charge in [0.1, 0.15) is 10.4 Å². The van der Waals surface area contributed by atoms with Crippen molar-refractivity contribution in [1.82, 2.24) is 0 Å². The Labute approximate surface area is 108 Å². The number of carbonyl (C=O) groups excluding carboxylic acids is 1. The van der Waals surface area contributed by atoms with Crippen LogP contribution >= 0.6 is 23.2 Å². The van der Waals surface area contributed by atoms with Gasteiger partial charge in [-0.15, -0.1) is 11.6 Å². The first-order chi connectivity index (χ1) is 7.82. The van der Waals surface area contributed by atoms with Crippen LogP contribution in [0.3, 0.4) is 0 Å². The fourth-order valence-electron chi connectivity index (χ4n) is 1.36. The molecule has 5 nitrogen and oxygen atoms in total. The Hall–Kier alpha value is -1.33. The standard InChI is InChI=1S/C10H10Cl2N2O3/c1-5-2-9(14(16)17)7(11)3-6(5)4-8(12)10(13)15/h2-3,8H,4H2,1H3,(H2,13,15). The maximum atomic E-state index is 10.8. The smallest absolute Gasteiger partial charge is 0.288 e. The lowest BCUT2D eigenvalue weighted by Gasteiger charge is -2.09. The predicted octanol–water partition coefficient (Wildman–Crippen LogP) is 2.19. The van der Waals surface area contributed by atoms with Gasteiger partial charge in [0.15, 0.2) is 0 Å². The third-order valence-electron chi connectivity index (χ3n) is 2.31. The van der Waals surface area contributed by atoms with Crippen LogP contribution in [-0.4, -0.2) is 16.2 Å². The molecule has 17 heavy (non-hydrogen) atoms. The molecule has 0 aliphatic heterocycles. The maximum Gasteiger partial charge on any atom is 0.288 e. The van der Waals surface area contributed by atoms with Crippen LogP contribution in [0.15, 0.2) is 12.1 Å². The number of alkyl halides is 1. The summed E-state index contributed by atoms with van der Waals surface area (Å²) in [6.45, 7) is 1.68. The van der Waals surface area contributed by atoms with Crippen molar-refractivity contribution in [1.29, 1.82) is 0 Å². The van der Waals surface area contributed by atoms with Crippen LogP contribution in [0.5, 0.6) is 0 Å². The SMILES string of the molecule is Cc1cc([N+](=O)[O-])c(Cl)cc1CC(Cl)C(N)=O. The van der Waals surface area contributed by atoms with Gasteiger partial charge in [-0.05, 0) is 30.5 Å². The van der Waals surface area contributed by atoms with Gasteiger partial charge >= 0.3 is 0 Å². The van der Waals surface area contributed by atoms with E-state index in [1.807, 2.05) is 0 Å². The zero-order valence-electron chi connectivity index (χ0n) is 8.94. The monoisotopic (exact) mass is 276 g/mol. The normalized spacial score (nSPS) is 12.2. The van der Waals surface area contributed by atoms with Crippen LogP contribution in [0.2, 0.25) is 5.02 Å². The van der Waals surface area contributed by atoms with E-state index in [1.54, 1.807) is 6.92 Å². The second kappa shape index (κ2) is 5.33. The first kappa shape index (κ1) is 13.7. The van der Waals surface area contributed by atoms with E-state index in [0.29, 0.717) is 11.1 Å². The highest BCUT2D eigenvalue weighted by atomic mass is 35.5. The van der Waals surface area contributed by atoms with Crippen molar-refractivity contribution in [2.75, 3.05) is 0 Å². The zero-order valence-corrected chi connectivity index (χ0v) is 10.5. The second-order valence-electron chi connectivity index (χ2n) is 3.56. The lowest BCUT2D eigenvalue weighted by Crippen LogP contribution is -2.25. The van der Waals surface area contributed by atoms with Crippen LogP contribution in [-0.2, 0) is 11.2 Å². The minimum absolute atomic E-state index is 0.0175. The molecule has 92 valence electrons. The van der Waals surface area contributed by atoms with Gasteiger partial charge in [0.05, 0.1) is 4.92 Å². The average Bonchev–Trinajstić information content (AvgIpc) is 2.22. The number of rotatable bonds is 4. The van der Waals surface area contributed by atoms with Crippen LogP contribution in [0.1, 0.15) is 11.1 Å². The summed E-state index contributed by atoms with van der Waals surface area (Å²) in [5.74, 6) is -0.638. The molecule has 1 unspecified atom stereocenters. The Morgan fingerprint density at radius 2 is 2.18 bits per heavy atom.